The van der Waals surface area contributed by atoms with Crippen LogP contribution >= 0.6 is 11.3 Å². The number of carbonyl (C=O) groups excluding carboxylic acids is 1. The number of amides is 1. The number of hydrogen-bond donors (Lipinski definition) is 1. The minimum Gasteiger partial charge on any atom is -0.338 e. The van der Waals surface area contributed by atoms with Crippen LogP contribution in [0.15, 0.2) is 16.8 Å². The highest BCUT2D eigenvalue weighted by Gasteiger charge is 2.28. The van der Waals surface area contributed by atoms with E-state index in [0.29, 0.717) is 6.42 Å². The molecule has 4 heteroatoms. The lowest BCUT2D eigenvalue weighted by atomic mass is 9.96. The van der Waals surface area contributed by atoms with Crippen molar-refractivity contribution in [3.8, 4) is 0 Å². The van der Waals surface area contributed by atoms with E-state index >= 15 is 0 Å². The first-order chi connectivity index (χ1) is 8.18. The van der Waals surface area contributed by atoms with Gasteiger partial charge in [0.1, 0.15) is 0 Å². The van der Waals surface area contributed by atoms with Crippen LogP contribution in [0.2, 0.25) is 0 Å². The highest BCUT2D eigenvalue weighted by atomic mass is 32.1. The molecule has 0 aromatic carbocycles. The van der Waals surface area contributed by atoms with Gasteiger partial charge < -0.3 is 10.6 Å². The van der Waals surface area contributed by atoms with Crippen molar-refractivity contribution in [2.24, 2.45) is 5.73 Å². The molecule has 1 saturated heterocycles. The van der Waals surface area contributed by atoms with Crippen molar-refractivity contribution in [1.82, 2.24) is 4.90 Å². The summed E-state index contributed by atoms with van der Waals surface area (Å²) < 4.78 is 0. The topological polar surface area (TPSA) is 46.3 Å². The van der Waals surface area contributed by atoms with Crippen LogP contribution in [0.1, 0.15) is 31.7 Å². The number of nitrogens with zero attached hydrogens (tertiary/aromatic N) is 1. The third kappa shape index (κ3) is 3.07. The lowest BCUT2D eigenvalue weighted by Crippen LogP contribution is -2.52. The molecule has 1 aromatic rings. The Labute approximate surface area is 107 Å². The van der Waals surface area contributed by atoms with Crippen LogP contribution in [0.4, 0.5) is 0 Å². The molecule has 1 fully saturated rings. The first-order valence-electron chi connectivity index (χ1n) is 6.24. The van der Waals surface area contributed by atoms with Gasteiger partial charge in [-0.15, -0.1) is 0 Å². The molecule has 2 heterocycles. The normalized spacial score (nSPS) is 22.5. The molecular formula is C13H20N2OS. The fraction of sp³-hybridized carbons (Fsp3) is 0.615. The average Bonchev–Trinajstić information content (AvgIpc) is 2.81. The predicted molar refractivity (Wildman–Crippen MR) is 71.0 cm³/mol. The standard InChI is InChI=1S/C13H20N2OS/c1-10(14)12-4-2-3-6-15(12)13(16)8-11-5-7-17-9-11/h5,7,9-10,12H,2-4,6,8,14H2,1H3. The zero-order valence-electron chi connectivity index (χ0n) is 10.3. The first-order valence-corrected chi connectivity index (χ1v) is 7.19. The van der Waals surface area contributed by atoms with Gasteiger partial charge in [0.2, 0.25) is 5.91 Å². The molecule has 2 atom stereocenters. The van der Waals surface area contributed by atoms with E-state index in [-0.39, 0.29) is 18.0 Å². The minimum absolute atomic E-state index is 0.0710. The van der Waals surface area contributed by atoms with Crippen molar-refractivity contribution < 1.29 is 4.79 Å². The van der Waals surface area contributed by atoms with Gasteiger partial charge in [-0.25, -0.2) is 0 Å². The summed E-state index contributed by atoms with van der Waals surface area (Å²) in [4.78, 5) is 14.2. The summed E-state index contributed by atoms with van der Waals surface area (Å²) >= 11 is 1.64. The highest BCUT2D eigenvalue weighted by molar-refractivity contribution is 7.07. The largest absolute Gasteiger partial charge is 0.338 e. The summed E-state index contributed by atoms with van der Waals surface area (Å²) in [6.07, 6.45) is 3.87. The third-order valence-electron chi connectivity index (χ3n) is 3.41. The molecule has 1 aromatic heterocycles. The third-order valence-corrected chi connectivity index (χ3v) is 4.14. The molecule has 0 bridgehead atoms. The summed E-state index contributed by atoms with van der Waals surface area (Å²) in [5.41, 5.74) is 7.10. The molecule has 17 heavy (non-hydrogen) atoms. The molecule has 0 saturated carbocycles. The molecule has 3 nitrogen and oxygen atoms in total. The van der Waals surface area contributed by atoms with Crippen molar-refractivity contribution in [3.63, 3.8) is 0 Å². The number of hydrogen-bond acceptors (Lipinski definition) is 3. The van der Waals surface area contributed by atoms with Gasteiger partial charge in [0.25, 0.3) is 0 Å². The predicted octanol–water partition coefficient (Wildman–Crippen LogP) is 2.02. The number of carbonyl (C=O) groups is 1. The molecule has 1 aliphatic rings. The van der Waals surface area contributed by atoms with Gasteiger partial charge in [-0.3, -0.25) is 4.79 Å². The van der Waals surface area contributed by atoms with Crippen molar-refractivity contribution in [1.29, 1.82) is 0 Å². The SMILES string of the molecule is CC(N)C1CCCCN1C(=O)Cc1ccsc1. The lowest BCUT2D eigenvalue weighted by molar-refractivity contribution is -0.134. The van der Waals surface area contributed by atoms with Crippen LogP contribution in [-0.2, 0) is 11.2 Å². The summed E-state index contributed by atoms with van der Waals surface area (Å²) in [6, 6.07) is 2.32. The zero-order chi connectivity index (χ0) is 12.3. The zero-order valence-corrected chi connectivity index (χ0v) is 11.1. The second-order valence-corrected chi connectivity index (χ2v) is 5.60. The minimum atomic E-state index is 0.0710. The first kappa shape index (κ1) is 12.6. The summed E-state index contributed by atoms with van der Waals surface area (Å²) in [5, 5.41) is 4.06. The molecule has 1 amide bonds. The fourth-order valence-electron chi connectivity index (χ4n) is 2.48. The summed E-state index contributed by atoms with van der Waals surface area (Å²) in [5.74, 6) is 0.227. The fourth-order valence-corrected chi connectivity index (χ4v) is 3.15. The number of likely N-dealkylation sites (tertiary alicyclic amines) is 1. The van der Waals surface area contributed by atoms with Crippen LogP contribution in [0.3, 0.4) is 0 Å². The quantitative estimate of drug-likeness (QED) is 0.894. The molecule has 0 radical (unpaired) electrons. The smallest absolute Gasteiger partial charge is 0.227 e. The van der Waals surface area contributed by atoms with Gasteiger partial charge in [0.15, 0.2) is 0 Å². The van der Waals surface area contributed by atoms with Gasteiger partial charge in [-0.05, 0) is 48.6 Å². The lowest BCUT2D eigenvalue weighted by Gasteiger charge is -2.38. The van der Waals surface area contributed by atoms with E-state index in [9.17, 15) is 4.79 Å². The van der Waals surface area contributed by atoms with Gasteiger partial charge in [-0.2, -0.15) is 11.3 Å². The van der Waals surface area contributed by atoms with E-state index in [4.69, 9.17) is 5.73 Å². The van der Waals surface area contributed by atoms with E-state index in [1.807, 2.05) is 28.7 Å². The second-order valence-electron chi connectivity index (χ2n) is 4.82. The Balaban J connectivity index is 2.01. The van der Waals surface area contributed by atoms with Gasteiger partial charge in [0, 0.05) is 18.6 Å². The maximum absolute atomic E-state index is 12.3. The monoisotopic (exact) mass is 252 g/mol. The molecule has 94 valence electrons. The van der Waals surface area contributed by atoms with E-state index in [2.05, 4.69) is 0 Å². The summed E-state index contributed by atoms with van der Waals surface area (Å²) in [6.45, 7) is 2.87. The Kier molecular flexibility index (Phi) is 4.18. The van der Waals surface area contributed by atoms with E-state index < -0.39 is 0 Å². The van der Waals surface area contributed by atoms with E-state index in [1.54, 1.807) is 11.3 Å². The number of thiophene rings is 1. The van der Waals surface area contributed by atoms with Crippen LogP contribution < -0.4 is 5.73 Å². The van der Waals surface area contributed by atoms with Gasteiger partial charge in [-0.1, -0.05) is 0 Å². The number of piperidine rings is 1. The Morgan fingerprint density at radius 2 is 2.47 bits per heavy atom. The maximum Gasteiger partial charge on any atom is 0.227 e. The van der Waals surface area contributed by atoms with Crippen molar-refractivity contribution in [2.75, 3.05) is 6.54 Å². The van der Waals surface area contributed by atoms with E-state index in [1.165, 1.54) is 6.42 Å². The maximum atomic E-state index is 12.3. The molecule has 0 aliphatic carbocycles. The van der Waals surface area contributed by atoms with Gasteiger partial charge >= 0.3 is 0 Å². The molecule has 0 spiro atoms. The Morgan fingerprint density at radius 3 is 3.12 bits per heavy atom. The van der Waals surface area contributed by atoms with Crippen LogP contribution in [0.25, 0.3) is 0 Å². The van der Waals surface area contributed by atoms with Crippen molar-refractivity contribution >= 4 is 17.2 Å². The number of nitrogens with two attached hydrogens (primary N) is 1. The molecule has 2 rings (SSSR count). The Hall–Kier alpha value is -0.870. The Morgan fingerprint density at radius 1 is 1.65 bits per heavy atom. The number of rotatable bonds is 3. The van der Waals surface area contributed by atoms with Crippen LogP contribution in [0.5, 0.6) is 0 Å². The molecule has 2 unspecified atom stereocenters. The molecule has 1 aliphatic heterocycles. The van der Waals surface area contributed by atoms with Gasteiger partial charge in [0.05, 0.1) is 6.42 Å². The van der Waals surface area contributed by atoms with E-state index in [0.717, 1.165) is 24.9 Å². The van der Waals surface area contributed by atoms with Crippen LogP contribution in [-0.4, -0.2) is 29.4 Å². The molecule has 2 N–H and O–H groups in total. The molecular weight excluding hydrogens is 232 g/mol. The Bertz CT molecular complexity index is 362. The highest BCUT2D eigenvalue weighted by Crippen LogP contribution is 2.20. The van der Waals surface area contributed by atoms with Crippen molar-refractivity contribution in [3.05, 3.63) is 22.4 Å². The van der Waals surface area contributed by atoms with Crippen molar-refractivity contribution in [2.45, 2.75) is 44.7 Å². The average molecular weight is 252 g/mol. The van der Waals surface area contributed by atoms with Crippen LogP contribution in [0, 0.1) is 0 Å². The second kappa shape index (κ2) is 5.65. The summed E-state index contributed by atoms with van der Waals surface area (Å²) in [7, 11) is 0.